The van der Waals surface area contributed by atoms with Gasteiger partial charge in [-0.2, -0.15) is 5.10 Å². The minimum atomic E-state index is -0.339. The Morgan fingerprint density at radius 1 is 1.07 bits per heavy atom. The molecule has 4 rings (SSSR count). The molecular formula is C24H24ClN3O2. The summed E-state index contributed by atoms with van der Waals surface area (Å²) >= 11 is 5.97. The third-order valence-corrected chi connectivity index (χ3v) is 5.90. The molecule has 0 saturated carbocycles. The van der Waals surface area contributed by atoms with Crippen molar-refractivity contribution in [2.45, 2.75) is 26.2 Å². The summed E-state index contributed by atoms with van der Waals surface area (Å²) in [4.78, 5) is 27.3. The van der Waals surface area contributed by atoms with Crippen LogP contribution in [0.1, 0.15) is 34.6 Å². The number of nitrogens with zero attached hydrogens (tertiary/aromatic N) is 3. The minimum absolute atomic E-state index is 0.0305. The first-order valence-corrected chi connectivity index (χ1v) is 10.6. The number of piperidine rings is 1. The molecule has 0 aliphatic carbocycles. The van der Waals surface area contributed by atoms with Crippen LogP contribution in [0.15, 0.2) is 65.5 Å². The summed E-state index contributed by atoms with van der Waals surface area (Å²) in [6, 6.07) is 19.1. The number of benzene rings is 2. The number of aromatic nitrogens is 2. The van der Waals surface area contributed by atoms with Crippen LogP contribution in [0.5, 0.6) is 0 Å². The van der Waals surface area contributed by atoms with Gasteiger partial charge in [-0.1, -0.05) is 41.9 Å². The number of hydrogen-bond donors (Lipinski definition) is 0. The Kier molecular flexibility index (Phi) is 6.00. The van der Waals surface area contributed by atoms with Crippen molar-refractivity contribution in [3.8, 4) is 5.69 Å². The number of halogens is 1. The average molecular weight is 422 g/mol. The van der Waals surface area contributed by atoms with Gasteiger partial charge in [-0.3, -0.25) is 9.59 Å². The van der Waals surface area contributed by atoms with Crippen LogP contribution in [0.25, 0.3) is 5.69 Å². The Bertz CT molecular complexity index is 1090. The summed E-state index contributed by atoms with van der Waals surface area (Å²) in [5.41, 5.74) is 2.38. The largest absolute Gasteiger partial charge is 0.337 e. The van der Waals surface area contributed by atoms with E-state index in [2.05, 4.69) is 29.4 Å². The molecule has 1 aliphatic heterocycles. The lowest BCUT2D eigenvalue weighted by Gasteiger charge is -2.31. The normalized spacial score (nSPS) is 14.7. The summed E-state index contributed by atoms with van der Waals surface area (Å²) in [5.74, 6) is 0.258. The Hall–Kier alpha value is -2.92. The molecule has 1 aromatic heterocycles. The number of likely N-dealkylation sites (tertiary alicyclic amines) is 1. The Balaban J connectivity index is 1.49. The number of rotatable bonds is 4. The molecule has 3 aromatic rings. The predicted molar refractivity (Wildman–Crippen MR) is 118 cm³/mol. The second kappa shape index (κ2) is 8.84. The van der Waals surface area contributed by atoms with E-state index >= 15 is 0 Å². The molecule has 1 amide bonds. The lowest BCUT2D eigenvalue weighted by atomic mass is 9.90. The molecule has 2 heterocycles. The topological polar surface area (TPSA) is 55.2 Å². The Labute approximate surface area is 180 Å². The number of hydrogen-bond acceptors (Lipinski definition) is 3. The van der Waals surface area contributed by atoms with Gasteiger partial charge in [0.1, 0.15) is 0 Å². The highest BCUT2D eigenvalue weighted by Crippen LogP contribution is 2.22. The quantitative estimate of drug-likeness (QED) is 0.631. The van der Waals surface area contributed by atoms with Crippen molar-refractivity contribution in [1.29, 1.82) is 0 Å². The molecule has 0 N–H and O–H groups in total. The van der Waals surface area contributed by atoms with E-state index in [-0.39, 0.29) is 17.0 Å². The maximum Gasteiger partial charge on any atom is 0.278 e. The number of carbonyl (C=O) groups is 1. The molecule has 0 atom stereocenters. The van der Waals surface area contributed by atoms with Crippen LogP contribution in [0, 0.1) is 12.8 Å². The monoisotopic (exact) mass is 421 g/mol. The van der Waals surface area contributed by atoms with Crippen molar-refractivity contribution in [1.82, 2.24) is 14.7 Å². The lowest BCUT2D eigenvalue weighted by molar-refractivity contribution is 0.0681. The van der Waals surface area contributed by atoms with Crippen LogP contribution in [0.4, 0.5) is 0 Å². The van der Waals surface area contributed by atoms with Crippen molar-refractivity contribution in [3.63, 3.8) is 0 Å². The lowest BCUT2D eigenvalue weighted by Crippen LogP contribution is -2.41. The zero-order valence-corrected chi connectivity index (χ0v) is 17.7. The first kappa shape index (κ1) is 20.4. The fourth-order valence-electron chi connectivity index (χ4n) is 3.98. The zero-order chi connectivity index (χ0) is 21.1. The van der Waals surface area contributed by atoms with Crippen LogP contribution >= 0.6 is 11.6 Å². The number of amides is 1. The van der Waals surface area contributed by atoms with E-state index in [0.29, 0.717) is 29.7 Å². The SMILES string of the molecule is Cc1cc(=O)c(C(=O)N2CCC(Cc3ccccc3)CC2)nn1-c1ccc(Cl)cc1. The summed E-state index contributed by atoms with van der Waals surface area (Å²) in [7, 11) is 0. The van der Waals surface area contributed by atoms with Gasteiger partial charge in [0.2, 0.25) is 5.43 Å². The zero-order valence-electron chi connectivity index (χ0n) is 16.9. The van der Waals surface area contributed by atoms with Gasteiger partial charge in [-0.15, -0.1) is 0 Å². The maximum atomic E-state index is 13.1. The Morgan fingerprint density at radius 2 is 1.73 bits per heavy atom. The van der Waals surface area contributed by atoms with E-state index in [9.17, 15) is 9.59 Å². The van der Waals surface area contributed by atoms with Crippen LogP contribution in [-0.4, -0.2) is 33.7 Å². The smallest absolute Gasteiger partial charge is 0.278 e. The van der Waals surface area contributed by atoms with E-state index in [1.54, 1.807) is 28.6 Å². The molecule has 0 spiro atoms. The van der Waals surface area contributed by atoms with Gasteiger partial charge < -0.3 is 4.90 Å². The fourth-order valence-corrected chi connectivity index (χ4v) is 4.10. The molecular weight excluding hydrogens is 398 g/mol. The molecule has 2 aromatic carbocycles. The molecule has 0 radical (unpaired) electrons. The van der Waals surface area contributed by atoms with Gasteiger partial charge in [0.15, 0.2) is 5.69 Å². The van der Waals surface area contributed by atoms with Gasteiger partial charge in [0.05, 0.1) is 5.69 Å². The van der Waals surface area contributed by atoms with E-state index in [4.69, 9.17) is 11.6 Å². The maximum absolute atomic E-state index is 13.1. The molecule has 1 aliphatic rings. The van der Waals surface area contributed by atoms with Crippen molar-refractivity contribution < 1.29 is 4.79 Å². The molecule has 1 fully saturated rings. The van der Waals surface area contributed by atoms with Gasteiger partial charge in [-0.25, -0.2) is 4.68 Å². The van der Waals surface area contributed by atoms with Crippen molar-refractivity contribution >= 4 is 17.5 Å². The van der Waals surface area contributed by atoms with Gasteiger partial charge in [0, 0.05) is 29.9 Å². The van der Waals surface area contributed by atoms with Crippen molar-refractivity contribution in [2.24, 2.45) is 5.92 Å². The van der Waals surface area contributed by atoms with E-state index in [1.165, 1.54) is 11.6 Å². The standard InChI is InChI=1S/C24H24ClN3O2/c1-17-15-22(29)23(26-28(17)21-9-7-20(25)8-10-21)24(30)27-13-11-19(12-14-27)16-18-5-3-2-4-6-18/h2-10,15,19H,11-14,16H2,1H3. The molecule has 5 nitrogen and oxygen atoms in total. The van der Waals surface area contributed by atoms with Gasteiger partial charge >= 0.3 is 0 Å². The highest BCUT2D eigenvalue weighted by atomic mass is 35.5. The molecule has 1 saturated heterocycles. The number of carbonyl (C=O) groups excluding carboxylic acids is 1. The summed E-state index contributed by atoms with van der Waals surface area (Å²) < 4.78 is 1.62. The fraction of sp³-hybridized carbons (Fsp3) is 0.292. The third-order valence-electron chi connectivity index (χ3n) is 5.65. The van der Waals surface area contributed by atoms with Crippen LogP contribution < -0.4 is 5.43 Å². The first-order valence-electron chi connectivity index (χ1n) is 10.2. The minimum Gasteiger partial charge on any atom is -0.337 e. The molecule has 154 valence electrons. The van der Waals surface area contributed by atoms with Gasteiger partial charge in [0.25, 0.3) is 5.91 Å². The van der Waals surface area contributed by atoms with Crippen LogP contribution in [-0.2, 0) is 6.42 Å². The highest BCUT2D eigenvalue weighted by Gasteiger charge is 2.26. The Morgan fingerprint density at radius 3 is 2.40 bits per heavy atom. The third kappa shape index (κ3) is 4.46. The van der Waals surface area contributed by atoms with Crippen molar-refractivity contribution in [2.75, 3.05) is 13.1 Å². The van der Waals surface area contributed by atoms with Crippen LogP contribution in [0.3, 0.4) is 0 Å². The van der Waals surface area contributed by atoms with E-state index in [1.807, 2.05) is 18.2 Å². The van der Waals surface area contributed by atoms with E-state index in [0.717, 1.165) is 24.9 Å². The predicted octanol–water partition coefficient (Wildman–Crippen LogP) is 4.29. The second-order valence-electron chi connectivity index (χ2n) is 7.81. The number of aryl methyl sites for hydroxylation is 1. The molecule has 30 heavy (non-hydrogen) atoms. The summed E-state index contributed by atoms with van der Waals surface area (Å²) in [5, 5.41) is 5.02. The first-order chi connectivity index (χ1) is 14.5. The van der Waals surface area contributed by atoms with Crippen LogP contribution in [0.2, 0.25) is 5.02 Å². The second-order valence-corrected chi connectivity index (χ2v) is 8.25. The van der Waals surface area contributed by atoms with Gasteiger partial charge in [-0.05, 0) is 61.9 Å². The molecule has 0 bridgehead atoms. The summed E-state index contributed by atoms with van der Waals surface area (Å²) in [6.45, 7) is 3.09. The molecule has 0 unspecified atom stereocenters. The molecule has 6 heteroatoms. The average Bonchev–Trinajstić information content (AvgIpc) is 2.75. The van der Waals surface area contributed by atoms with Crippen molar-refractivity contribution in [3.05, 3.63) is 92.9 Å². The highest BCUT2D eigenvalue weighted by molar-refractivity contribution is 6.30. The van der Waals surface area contributed by atoms with E-state index < -0.39 is 0 Å². The summed E-state index contributed by atoms with van der Waals surface area (Å²) in [6.07, 6.45) is 2.88.